The van der Waals surface area contributed by atoms with E-state index in [0.29, 0.717) is 11.7 Å². The second kappa shape index (κ2) is 4.97. The summed E-state index contributed by atoms with van der Waals surface area (Å²) in [6.45, 7) is 6.17. The SMILES string of the molecule is CC(C)(C)C(N)c1nc(-c2cccc3ccccc23)no1. The third-order valence-corrected chi connectivity index (χ3v) is 3.67. The number of aromatic nitrogens is 2. The number of nitrogens with zero attached hydrogens (tertiary/aromatic N) is 2. The monoisotopic (exact) mass is 281 g/mol. The third-order valence-electron chi connectivity index (χ3n) is 3.67. The quantitative estimate of drug-likeness (QED) is 0.772. The van der Waals surface area contributed by atoms with E-state index in [1.807, 2.05) is 24.3 Å². The first kappa shape index (κ1) is 13.8. The van der Waals surface area contributed by atoms with E-state index in [-0.39, 0.29) is 11.5 Å². The van der Waals surface area contributed by atoms with Crippen molar-refractivity contribution in [2.75, 3.05) is 0 Å². The molecule has 0 aliphatic rings. The Morgan fingerprint density at radius 2 is 1.76 bits per heavy atom. The van der Waals surface area contributed by atoms with E-state index in [9.17, 15) is 0 Å². The highest BCUT2D eigenvalue weighted by Gasteiger charge is 2.27. The first-order valence-electron chi connectivity index (χ1n) is 7.04. The Morgan fingerprint density at radius 3 is 2.52 bits per heavy atom. The van der Waals surface area contributed by atoms with Gasteiger partial charge in [-0.05, 0) is 16.2 Å². The molecule has 1 aromatic heterocycles. The maximum absolute atomic E-state index is 6.18. The van der Waals surface area contributed by atoms with E-state index in [2.05, 4.69) is 49.1 Å². The van der Waals surface area contributed by atoms with Gasteiger partial charge in [0.25, 0.3) is 0 Å². The van der Waals surface area contributed by atoms with E-state index >= 15 is 0 Å². The Kier molecular flexibility index (Phi) is 3.26. The van der Waals surface area contributed by atoms with Gasteiger partial charge in [-0.15, -0.1) is 0 Å². The Bertz CT molecular complexity index is 766. The average Bonchev–Trinajstić information content (AvgIpc) is 2.94. The second-order valence-electron chi connectivity index (χ2n) is 6.33. The van der Waals surface area contributed by atoms with Crippen LogP contribution < -0.4 is 5.73 Å². The van der Waals surface area contributed by atoms with E-state index in [4.69, 9.17) is 10.3 Å². The van der Waals surface area contributed by atoms with E-state index < -0.39 is 0 Å². The van der Waals surface area contributed by atoms with E-state index in [0.717, 1.165) is 16.3 Å². The molecule has 4 nitrogen and oxygen atoms in total. The van der Waals surface area contributed by atoms with Crippen LogP contribution in [0.15, 0.2) is 47.0 Å². The zero-order valence-electron chi connectivity index (χ0n) is 12.5. The summed E-state index contributed by atoms with van der Waals surface area (Å²) in [6.07, 6.45) is 0. The van der Waals surface area contributed by atoms with Crippen molar-refractivity contribution in [1.29, 1.82) is 0 Å². The van der Waals surface area contributed by atoms with Crippen LogP contribution in [0.2, 0.25) is 0 Å². The first-order valence-corrected chi connectivity index (χ1v) is 7.04. The van der Waals surface area contributed by atoms with E-state index in [1.165, 1.54) is 0 Å². The molecule has 0 bridgehead atoms. The average molecular weight is 281 g/mol. The number of fused-ring (bicyclic) bond motifs is 1. The van der Waals surface area contributed by atoms with Crippen LogP contribution in [0.3, 0.4) is 0 Å². The van der Waals surface area contributed by atoms with Gasteiger partial charge in [-0.25, -0.2) is 0 Å². The van der Waals surface area contributed by atoms with Crippen molar-refractivity contribution in [3.63, 3.8) is 0 Å². The Balaban J connectivity index is 2.07. The lowest BCUT2D eigenvalue weighted by molar-refractivity contribution is 0.253. The van der Waals surface area contributed by atoms with Crippen molar-refractivity contribution in [2.24, 2.45) is 11.1 Å². The third kappa shape index (κ3) is 2.54. The molecule has 3 aromatic rings. The van der Waals surface area contributed by atoms with Gasteiger partial charge < -0.3 is 10.3 Å². The summed E-state index contributed by atoms with van der Waals surface area (Å²) in [4.78, 5) is 4.49. The smallest absolute Gasteiger partial charge is 0.244 e. The van der Waals surface area contributed by atoms with Crippen molar-refractivity contribution in [3.05, 3.63) is 48.4 Å². The van der Waals surface area contributed by atoms with Crippen molar-refractivity contribution in [2.45, 2.75) is 26.8 Å². The maximum Gasteiger partial charge on any atom is 0.244 e. The number of rotatable bonds is 2. The molecule has 0 radical (unpaired) electrons. The largest absolute Gasteiger partial charge is 0.337 e. The molecule has 0 aliphatic carbocycles. The minimum Gasteiger partial charge on any atom is -0.337 e. The van der Waals surface area contributed by atoms with Gasteiger partial charge in [-0.1, -0.05) is 68.4 Å². The topological polar surface area (TPSA) is 64.9 Å². The molecule has 2 N–H and O–H groups in total. The summed E-state index contributed by atoms with van der Waals surface area (Å²) in [5.74, 6) is 1.06. The van der Waals surface area contributed by atoms with Crippen molar-refractivity contribution >= 4 is 10.8 Å². The molecule has 4 heteroatoms. The number of hydrogen-bond donors (Lipinski definition) is 1. The number of nitrogens with two attached hydrogens (primary N) is 1. The van der Waals surface area contributed by atoms with Crippen molar-refractivity contribution in [1.82, 2.24) is 10.1 Å². The molecule has 0 aliphatic heterocycles. The van der Waals surface area contributed by atoms with Gasteiger partial charge in [0.05, 0.1) is 6.04 Å². The molecule has 2 aromatic carbocycles. The van der Waals surface area contributed by atoms with Crippen molar-refractivity contribution in [3.8, 4) is 11.4 Å². The number of benzene rings is 2. The normalized spacial score (nSPS) is 13.5. The minimum atomic E-state index is -0.284. The summed E-state index contributed by atoms with van der Waals surface area (Å²) in [5.41, 5.74) is 7.02. The number of hydrogen-bond acceptors (Lipinski definition) is 4. The van der Waals surface area contributed by atoms with Gasteiger partial charge in [-0.2, -0.15) is 4.98 Å². The molecule has 0 saturated carbocycles. The molecule has 1 heterocycles. The molecule has 0 fully saturated rings. The summed E-state index contributed by atoms with van der Waals surface area (Å²) in [5, 5.41) is 6.37. The van der Waals surface area contributed by atoms with Gasteiger partial charge >= 0.3 is 0 Å². The zero-order valence-corrected chi connectivity index (χ0v) is 12.5. The Morgan fingerprint density at radius 1 is 1.05 bits per heavy atom. The zero-order chi connectivity index (χ0) is 15.0. The van der Waals surface area contributed by atoms with Crippen LogP contribution in [0.25, 0.3) is 22.2 Å². The molecule has 0 saturated heterocycles. The second-order valence-corrected chi connectivity index (χ2v) is 6.33. The fraction of sp³-hybridized carbons (Fsp3) is 0.294. The Hall–Kier alpha value is -2.20. The Labute approximate surface area is 124 Å². The van der Waals surface area contributed by atoms with Crippen LogP contribution in [0, 0.1) is 5.41 Å². The summed E-state index contributed by atoms with van der Waals surface area (Å²) >= 11 is 0. The van der Waals surface area contributed by atoms with Crippen molar-refractivity contribution < 1.29 is 4.52 Å². The van der Waals surface area contributed by atoms with Crippen LogP contribution in [0.4, 0.5) is 0 Å². The molecule has 21 heavy (non-hydrogen) atoms. The van der Waals surface area contributed by atoms with Gasteiger partial charge in [0, 0.05) is 5.56 Å². The molecule has 108 valence electrons. The lowest BCUT2D eigenvalue weighted by Crippen LogP contribution is -2.26. The maximum atomic E-state index is 6.18. The van der Waals surface area contributed by atoms with E-state index in [1.54, 1.807) is 0 Å². The summed E-state index contributed by atoms with van der Waals surface area (Å²) in [7, 11) is 0. The van der Waals surface area contributed by atoms with Crippen LogP contribution in [0.1, 0.15) is 32.7 Å². The lowest BCUT2D eigenvalue weighted by atomic mass is 9.87. The molecule has 3 rings (SSSR count). The standard InChI is InChI=1S/C17H19N3O/c1-17(2,3)14(18)16-19-15(20-21-16)13-10-6-8-11-7-4-5-9-12(11)13/h4-10,14H,18H2,1-3H3. The fourth-order valence-electron chi connectivity index (χ4n) is 2.26. The summed E-state index contributed by atoms with van der Waals surface area (Å²) < 4.78 is 5.37. The van der Waals surface area contributed by atoms with Gasteiger partial charge in [0.15, 0.2) is 0 Å². The van der Waals surface area contributed by atoms with Gasteiger partial charge in [-0.3, -0.25) is 0 Å². The highest BCUT2D eigenvalue weighted by molar-refractivity contribution is 5.94. The molecule has 0 spiro atoms. The van der Waals surface area contributed by atoms with Gasteiger partial charge in [0.1, 0.15) is 0 Å². The van der Waals surface area contributed by atoms with Crippen LogP contribution >= 0.6 is 0 Å². The lowest BCUT2D eigenvalue weighted by Gasteiger charge is -2.23. The summed E-state index contributed by atoms with van der Waals surface area (Å²) in [6, 6.07) is 13.9. The minimum absolute atomic E-state index is 0.122. The predicted octanol–water partition coefficient (Wildman–Crippen LogP) is 3.94. The highest BCUT2D eigenvalue weighted by Crippen LogP contribution is 2.32. The van der Waals surface area contributed by atoms with Gasteiger partial charge in [0.2, 0.25) is 11.7 Å². The first-order chi connectivity index (χ1) is 9.97. The fourth-order valence-corrected chi connectivity index (χ4v) is 2.26. The molecular formula is C17H19N3O. The van der Waals surface area contributed by atoms with Crippen LogP contribution in [-0.4, -0.2) is 10.1 Å². The predicted molar refractivity (Wildman–Crippen MR) is 83.6 cm³/mol. The highest BCUT2D eigenvalue weighted by atomic mass is 16.5. The molecular weight excluding hydrogens is 262 g/mol. The molecule has 1 unspecified atom stereocenters. The van der Waals surface area contributed by atoms with Crippen LogP contribution in [-0.2, 0) is 0 Å². The molecule has 0 amide bonds. The molecule has 1 atom stereocenters. The van der Waals surface area contributed by atoms with Crippen LogP contribution in [0.5, 0.6) is 0 Å².